The van der Waals surface area contributed by atoms with Gasteiger partial charge in [-0.05, 0) is 115 Å². The van der Waals surface area contributed by atoms with E-state index in [-0.39, 0.29) is 47.1 Å². The first-order valence-electron chi connectivity index (χ1n) is 21.1. The minimum absolute atomic E-state index is 0.104. The molecule has 4 N–H and O–H groups in total. The normalized spacial score (nSPS) is 10.3. The fourth-order valence-electron chi connectivity index (χ4n) is 4.76. The predicted octanol–water partition coefficient (Wildman–Crippen LogP) is 8.99. The first-order valence-corrected chi connectivity index (χ1v) is 21.8. The summed E-state index contributed by atoms with van der Waals surface area (Å²) < 4.78 is 44.7. The van der Waals surface area contributed by atoms with Crippen LogP contribution in [0.1, 0.15) is 92.4 Å². The van der Waals surface area contributed by atoms with E-state index in [9.17, 15) is 33.6 Å². The zero-order chi connectivity index (χ0) is 53.0. The Bertz CT molecular complexity index is 2340. The van der Waals surface area contributed by atoms with Crippen LogP contribution in [0.25, 0.3) is 0 Å². The standard InChI is InChI=1S/C14H17Cl2NO5.C14H18O5.C12H16O3.C9H9NO4/c1-14(2,3)22-13(19)17-8-5-9(15)12(10(16)6-8)21-7-11(18)20-4;1-14(2,3)19-12(15)9-18-11-7-5-6-10(8-11)13(16)17-4;1-3-4-8-15-11-7-5-6-10(9-11)12(13)14-2;10-8(11)5-14-7-3-1-2-6(4-7)9(12)13/h5-6H,7H2,1-4H3,(H,17,19);5-8H,9H2,1-4H3;5-7,9H,3-4,8H2,1-2H3;1-4H,5H2,(H2,10,11)(H,12,13). The van der Waals surface area contributed by atoms with Crippen molar-refractivity contribution in [2.75, 3.05) is 53.1 Å². The van der Waals surface area contributed by atoms with Crippen LogP contribution in [-0.2, 0) is 38.1 Å². The van der Waals surface area contributed by atoms with E-state index in [0.717, 1.165) is 12.8 Å². The molecular weight excluding hydrogens is 959 g/mol. The molecule has 0 saturated heterocycles. The number of carboxylic acids is 1. The number of amides is 2. The Morgan fingerprint density at radius 1 is 0.586 bits per heavy atom. The lowest BCUT2D eigenvalue weighted by atomic mass is 10.2. The molecule has 2 amide bonds. The third-order valence-electron chi connectivity index (χ3n) is 7.72. The minimum atomic E-state index is -1.05. The third kappa shape index (κ3) is 26.3. The molecule has 0 aromatic heterocycles. The zero-order valence-corrected chi connectivity index (χ0v) is 42.1. The quantitative estimate of drug-likeness (QED) is 0.0506. The second-order valence-electron chi connectivity index (χ2n) is 16.0. The number of primary amides is 1. The van der Waals surface area contributed by atoms with Crippen molar-refractivity contribution in [3.8, 4) is 23.0 Å². The first-order chi connectivity index (χ1) is 32.8. The van der Waals surface area contributed by atoms with Crippen molar-refractivity contribution in [3.63, 3.8) is 0 Å². The number of unbranched alkanes of at least 4 members (excludes halogenated alkanes) is 1. The van der Waals surface area contributed by atoms with Crippen LogP contribution in [0, 0.1) is 0 Å². The predicted molar refractivity (Wildman–Crippen MR) is 259 cm³/mol. The lowest BCUT2D eigenvalue weighted by Crippen LogP contribution is -2.27. The first kappa shape index (κ1) is 60.8. The fraction of sp³-hybridized carbons (Fsp3) is 0.367. The summed E-state index contributed by atoms with van der Waals surface area (Å²) in [4.78, 5) is 77.6. The van der Waals surface area contributed by atoms with Gasteiger partial charge in [0, 0.05) is 5.69 Å². The van der Waals surface area contributed by atoms with Gasteiger partial charge in [-0.1, -0.05) is 54.7 Å². The number of hydrogen-bond acceptors (Lipinski definition) is 16. The maximum atomic E-state index is 11.7. The average molecular weight is 1020 g/mol. The number of esters is 4. The maximum Gasteiger partial charge on any atom is 0.412 e. The van der Waals surface area contributed by atoms with Crippen molar-refractivity contribution in [1.29, 1.82) is 0 Å². The van der Waals surface area contributed by atoms with Crippen molar-refractivity contribution in [3.05, 3.63) is 112 Å². The van der Waals surface area contributed by atoms with Crippen LogP contribution >= 0.6 is 23.2 Å². The van der Waals surface area contributed by atoms with E-state index in [1.165, 1.54) is 57.7 Å². The molecule has 4 rings (SSSR count). The van der Waals surface area contributed by atoms with Crippen molar-refractivity contribution < 1.29 is 81.3 Å². The summed E-state index contributed by atoms with van der Waals surface area (Å²) in [7, 11) is 3.91. The zero-order valence-electron chi connectivity index (χ0n) is 40.6. The number of aromatic carboxylic acids is 1. The number of halogens is 2. The largest absolute Gasteiger partial charge is 0.494 e. The van der Waals surface area contributed by atoms with Crippen LogP contribution in [0.5, 0.6) is 23.0 Å². The molecule has 0 spiro atoms. The second kappa shape index (κ2) is 31.0. The molecular formula is C49H60Cl2N2O17. The summed E-state index contributed by atoms with van der Waals surface area (Å²) >= 11 is 12.0. The van der Waals surface area contributed by atoms with Gasteiger partial charge in [-0.2, -0.15) is 0 Å². The molecule has 0 unspecified atom stereocenters. The molecule has 0 aliphatic rings. The number of anilines is 1. The van der Waals surface area contributed by atoms with Gasteiger partial charge in [0.25, 0.3) is 5.91 Å². The highest BCUT2D eigenvalue weighted by molar-refractivity contribution is 6.37. The number of nitrogens with two attached hydrogens (primary N) is 1. The van der Waals surface area contributed by atoms with E-state index in [4.69, 9.17) is 62.5 Å². The lowest BCUT2D eigenvalue weighted by Gasteiger charge is -2.20. The molecule has 382 valence electrons. The highest BCUT2D eigenvalue weighted by atomic mass is 35.5. The molecule has 0 fully saturated rings. The lowest BCUT2D eigenvalue weighted by molar-refractivity contribution is -0.157. The second-order valence-corrected chi connectivity index (χ2v) is 16.8. The Balaban J connectivity index is 0.000000474. The Morgan fingerprint density at radius 2 is 1.03 bits per heavy atom. The number of nitrogens with one attached hydrogen (secondary N) is 1. The number of carbonyl (C=O) groups excluding carboxylic acids is 6. The Kier molecular flexibility index (Phi) is 26.9. The summed E-state index contributed by atoms with van der Waals surface area (Å²) in [5.41, 5.74) is 5.02. The van der Waals surface area contributed by atoms with Gasteiger partial charge in [0.2, 0.25) is 0 Å². The fourth-order valence-corrected chi connectivity index (χ4v) is 5.36. The van der Waals surface area contributed by atoms with Crippen LogP contribution in [-0.4, -0.2) is 106 Å². The molecule has 0 atom stereocenters. The van der Waals surface area contributed by atoms with Gasteiger partial charge in [-0.15, -0.1) is 0 Å². The Labute approximate surface area is 416 Å². The van der Waals surface area contributed by atoms with Crippen molar-refractivity contribution in [1.82, 2.24) is 0 Å². The summed E-state index contributed by atoms with van der Waals surface area (Å²) in [5.74, 6) is -1.91. The van der Waals surface area contributed by atoms with Gasteiger partial charge in [0.1, 0.15) is 28.5 Å². The van der Waals surface area contributed by atoms with Gasteiger partial charge in [0.05, 0.1) is 54.7 Å². The van der Waals surface area contributed by atoms with Crippen molar-refractivity contribution >= 4 is 70.7 Å². The molecule has 4 aromatic carbocycles. The van der Waals surface area contributed by atoms with Crippen LogP contribution in [0.4, 0.5) is 10.5 Å². The van der Waals surface area contributed by atoms with Gasteiger partial charge in [-0.3, -0.25) is 10.1 Å². The molecule has 0 aliphatic carbocycles. The van der Waals surface area contributed by atoms with Crippen molar-refractivity contribution in [2.24, 2.45) is 5.73 Å². The SMILES string of the molecule is CCCCOc1cccc(C(=O)OC)c1.COC(=O)COc1c(Cl)cc(NC(=O)OC(C)(C)C)cc1Cl.COC(=O)c1cccc(OCC(=O)OC(C)(C)C)c1.NC(=O)COc1cccc(C(=O)O)c1. The van der Waals surface area contributed by atoms with E-state index < -0.39 is 47.1 Å². The van der Waals surface area contributed by atoms with Crippen molar-refractivity contribution in [2.45, 2.75) is 72.5 Å². The molecule has 0 radical (unpaired) electrons. The van der Waals surface area contributed by atoms with Crippen LogP contribution in [0.2, 0.25) is 10.0 Å². The number of carboxylic acid groups (broad SMARTS) is 1. The maximum absolute atomic E-state index is 11.7. The topological polar surface area (TPSA) is 261 Å². The highest BCUT2D eigenvalue weighted by Crippen LogP contribution is 2.36. The molecule has 0 aliphatic heterocycles. The van der Waals surface area contributed by atoms with E-state index in [1.54, 1.807) is 84.0 Å². The summed E-state index contributed by atoms with van der Waals surface area (Å²) in [6.07, 6.45) is 1.47. The Hall–Kier alpha value is -7.25. The minimum Gasteiger partial charge on any atom is -0.494 e. The van der Waals surface area contributed by atoms with E-state index >= 15 is 0 Å². The van der Waals surface area contributed by atoms with Crippen LogP contribution in [0.3, 0.4) is 0 Å². The Morgan fingerprint density at radius 3 is 1.46 bits per heavy atom. The average Bonchev–Trinajstić information content (AvgIpc) is 3.29. The number of benzene rings is 4. The van der Waals surface area contributed by atoms with E-state index in [0.29, 0.717) is 40.7 Å². The third-order valence-corrected chi connectivity index (χ3v) is 8.28. The summed E-state index contributed by atoms with van der Waals surface area (Å²) in [5, 5.41) is 11.4. The number of methoxy groups -OCH3 is 3. The number of hydrogen-bond donors (Lipinski definition) is 3. The monoisotopic (exact) mass is 1020 g/mol. The van der Waals surface area contributed by atoms with Gasteiger partial charge in [-0.25, -0.2) is 28.8 Å². The van der Waals surface area contributed by atoms with E-state index in [2.05, 4.69) is 26.5 Å². The molecule has 0 saturated carbocycles. The van der Waals surface area contributed by atoms with Gasteiger partial charge >= 0.3 is 35.9 Å². The molecule has 70 heavy (non-hydrogen) atoms. The molecule has 19 nitrogen and oxygen atoms in total. The van der Waals surface area contributed by atoms with Gasteiger partial charge < -0.3 is 53.5 Å². The number of rotatable bonds is 17. The summed E-state index contributed by atoms with van der Waals surface area (Å²) in [6.45, 7) is 12.6. The molecule has 0 heterocycles. The molecule has 4 aromatic rings. The van der Waals surface area contributed by atoms with Gasteiger partial charge in [0.15, 0.2) is 25.6 Å². The smallest absolute Gasteiger partial charge is 0.412 e. The summed E-state index contributed by atoms with van der Waals surface area (Å²) in [6, 6.07) is 22.1. The number of ether oxygens (including phenoxy) is 9. The van der Waals surface area contributed by atoms with Crippen LogP contribution in [0.15, 0.2) is 84.9 Å². The highest BCUT2D eigenvalue weighted by Gasteiger charge is 2.19. The number of carbonyl (C=O) groups is 7. The van der Waals surface area contributed by atoms with E-state index in [1.807, 2.05) is 6.07 Å². The molecule has 21 heteroatoms. The van der Waals surface area contributed by atoms with Crippen LogP contribution < -0.4 is 30.0 Å². The molecule has 0 bridgehead atoms.